The largest absolute Gasteiger partial charge is 0.368 e. The van der Waals surface area contributed by atoms with Crippen molar-refractivity contribution in [1.82, 2.24) is 9.88 Å². The average Bonchev–Trinajstić information content (AvgIpc) is 3.25. The summed E-state index contributed by atoms with van der Waals surface area (Å²) >= 11 is 0. The summed E-state index contributed by atoms with van der Waals surface area (Å²) in [5, 5.41) is 1.21. The van der Waals surface area contributed by atoms with Gasteiger partial charge in [-0.25, -0.2) is 4.39 Å². The predicted molar refractivity (Wildman–Crippen MR) is 142 cm³/mol. The third-order valence-corrected chi connectivity index (χ3v) is 7.39. The molecule has 0 atom stereocenters. The van der Waals surface area contributed by atoms with Crippen molar-refractivity contribution in [2.24, 2.45) is 0 Å². The quantitative estimate of drug-likeness (QED) is 0.393. The van der Waals surface area contributed by atoms with Gasteiger partial charge in [-0.1, -0.05) is 30.3 Å². The molecule has 0 saturated carbocycles. The normalized spacial score (nSPS) is 16.1. The Kier molecular flexibility index (Phi) is 5.89. The molecule has 1 aromatic heterocycles. The van der Waals surface area contributed by atoms with Crippen molar-refractivity contribution in [3.63, 3.8) is 0 Å². The molecule has 2 aliphatic rings. The molecule has 3 heterocycles. The number of hydrogen-bond acceptors (Lipinski definition) is 4. The fourth-order valence-electron chi connectivity index (χ4n) is 5.42. The van der Waals surface area contributed by atoms with Gasteiger partial charge >= 0.3 is 0 Å². The highest BCUT2D eigenvalue weighted by Gasteiger charge is 2.31. The monoisotopic (exact) mass is 480 g/mol. The van der Waals surface area contributed by atoms with E-state index in [9.17, 15) is 9.18 Å². The van der Waals surface area contributed by atoms with Crippen LogP contribution < -0.4 is 9.80 Å². The summed E-state index contributed by atoms with van der Waals surface area (Å²) in [7, 11) is 0. The van der Waals surface area contributed by atoms with E-state index in [0.717, 1.165) is 61.6 Å². The van der Waals surface area contributed by atoms with E-state index in [-0.39, 0.29) is 11.5 Å². The summed E-state index contributed by atoms with van der Waals surface area (Å²) < 4.78 is 14.2. The summed E-state index contributed by atoms with van der Waals surface area (Å²) in [5.74, 6) is -0.694. The topological polar surface area (TPSA) is 39.7 Å². The lowest BCUT2D eigenvalue weighted by Crippen LogP contribution is -2.47. The lowest BCUT2D eigenvalue weighted by molar-refractivity contribution is 0.0993. The van der Waals surface area contributed by atoms with E-state index >= 15 is 0 Å². The Labute approximate surface area is 210 Å². The molecular formula is C30H29FN4O. The van der Waals surface area contributed by atoms with Crippen molar-refractivity contribution in [3.05, 3.63) is 101 Å². The van der Waals surface area contributed by atoms with Crippen LogP contribution in [0, 0.1) is 12.7 Å². The van der Waals surface area contributed by atoms with E-state index in [1.54, 1.807) is 11.0 Å². The van der Waals surface area contributed by atoms with Crippen molar-refractivity contribution in [3.8, 4) is 0 Å². The number of carbonyl (C=O) groups is 1. The Hall–Kier alpha value is -3.77. The third-order valence-electron chi connectivity index (χ3n) is 7.39. The van der Waals surface area contributed by atoms with Gasteiger partial charge in [0.25, 0.3) is 5.91 Å². The van der Waals surface area contributed by atoms with Crippen molar-refractivity contribution in [1.29, 1.82) is 0 Å². The van der Waals surface area contributed by atoms with E-state index in [1.165, 1.54) is 22.7 Å². The van der Waals surface area contributed by atoms with Crippen LogP contribution in [0.4, 0.5) is 15.8 Å². The Morgan fingerprint density at radius 1 is 0.917 bits per heavy atom. The minimum atomic E-state index is -0.440. The zero-order valence-electron chi connectivity index (χ0n) is 20.5. The van der Waals surface area contributed by atoms with E-state index in [4.69, 9.17) is 0 Å². The molecule has 0 spiro atoms. The molecule has 1 fully saturated rings. The van der Waals surface area contributed by atoms with E-state index in [0.29, 0.717) is 6.54 Å². The molecule has 3 aromatic carbocycles. The second-order valence-electron chi connectivity index (χ2n) is 9.71. The maximum absolute atomic E-state index is 14.2. The van der Waals surface area contributed by atoms with E-state index in [1.807, 2.05) is 25.1 Å². The average molecular weight is 481 g/mol. The molecule has 1 amide bonds. The number of rotatable bonds is 5. The number of fused-ring (bicyclic) bond motifs is 2. The minimum absolute atomic E-state index is 0.206. The first-order valence-corrected chi connectivity index (χ1v) is 12.6. The van der Waals surface area contributed by atoms with Gasteiger partial charge in [-0.05, 0) is 66.9 Å². The van der Waals surface area contributed by atoms with Crippen LogP contribution in [0.2, 0.25) is 0 Å². The van der Waals surface area contributed by atoms with Crippen LogP contribution in [0.3, 0.4) is 0 Å². The number of amides is 1. The number of hydrogen-bond donors (Lipinski definition) is 0. The molecule has 0 unspecified atom stereocenters. The van der Waals surface area contributed by atoms with Crippen LogP contribution >= 0.6 is 0 Å². The number of aromatic nitrogens is 1. The number of halogens is 1. The number of anilines is 2. The third kappa shape index (κ3) is 4.22. The maximum Gasteiger partial charge on any atom is 0.261 e. The lowest BCUT2D eigenvalue weighted by atomic mass is 10.1. The number of piperazine rings is 1. The summed E-state index contributed by atoms with van der Waals surface area (Å²) in [6.45, 7) is 7.40. The molecular weight excluding hydrogens is 451 g/mol. The van der Waals surface area contributed by atoms with Crippen LogP contribution in [-0.4, -0.2) is 48.5 Å². The molecule has 1 saturated heterocycles. The first kappa shape index (κ1) is 22.7. The van der Waals surface area contributed by atoms with Crippen LogP contribution in [0.1, 0.15) is 27.2 Å². The molecule has 2 aliphatic heterocycles. The van der Waals surface area contributed by atoms with Gasteiger partial charge in [0.15, 0.2) is 0 Å². The van der Waals surface area contributed by atoms with E-state index < -0.39 is 5.82 Å². The van der Waals surface area contributed by atoms with Crippen LogP contribution in [0.5, 0.6) is 0 Å². The van der Waals surface area contributed by atoms with Crippen LogP contribution in [0.15, 0.2) is 72.8 Å². The Balaban J connectivity index is 1.08. The fourth-order valence-corrected chi connectivity index (χ4v) is 5.42. The predicted octanol–water partition coefficient (Wildman–Crippen LogP) is 5.21. The highest BCUT2D eigenvalue weighted by molar-refractivity contribution is 6.10. The molecule has 182 valence electrons. The molecule has 6 heteroatoms. The number of benzene rings is 3. The molecule has 6 rings (SSSR count). The standard InChI is InChI=1S/C30H29FN4O/c1-21-11-12-25-27(32-21)9-4-10-28(25)34-17-15-33(16-18-34)14-13-22-5-2-7-24(19-22)35-20-23-6-3-8-26(31)29(23)30(35)36/h2-12,19H,13-18,20H2,1H3. The second-order valence-corrected chi connectivity index (χ2v) is 9.71. The highest BCUT2D eigenvalue weighted by atomic mass is 19.1. The van der Waals surface area contributed by atoms with Crippen molar-refractivity contribution in [2.45, 2.75) is 19.9 Å². The van der Waals surface area contributed by atoms with E-state index in [2.05, 4.69) is 57.2 Å². The number of aryl methyl sites for hydroxylation is 1. The molecule has 0 bridgehead atoms. The Bertz CT molecular complexity index is 1440. The van der Waals surface area contributed by atoms with Crippen molar-refractivity contribution >= 4 is 28.2 Å². The smallest absolute Gasteiger partial charge is 0.261 e. The second kappa shape index (κ2) is 9.36. The minimum Gasteiger partial charge on any atom is -0.368 e. The summed E-state index contributed by atoms with van der Waals surface area (Å²) in [6, 6.07) is 23.6. The highest BCUT2D eigenvalue weighted by Crippen LogP contribution is 2.31. The first-order valence-electron chi connectivity index (χ1n) is 12.6. The summed E-state index contributed by atoms with van der Waals surface area (Å²) in [5.41, 5.74) is 6.34. The van der Waals surface area contributed by atoms with Gasteiger partial charge in [-0.2, -0.15) is 0 Å². The van der Waals surface area contributed by atoms with Crippen LogP contribution in [0.25, 0.3) is 10.9 Å². The zero-order valence-corrected chi connectivity index (χ0v) is 20.5. The number of nitrogens with zero attached hydrogens (tertiary/aromatic N) is 4. The summed E-state index contributed by atoms with van der Waals surface area (Å²) in [6.07, 6.45) is 0.911. The maximum atomic E-state index is 14.2. The SMILES string of the molecule is Cc1ccc2c(N3CCN(CCc4cccc(N5Cc6cccc(F)c6C5=O)c4)CC3)cccc2n1. The summed E-state index contributed by atoms with van der Waals surface area (Å²) in [4.78, 5) is 24.2. The van der Waals surface area contributed by atoms with Gasteiger partial charge in [-0.3, -0.25) is 14.7 Å². The zero-order chi connectivity index (χ0) is 24.6. The molecule has 0 radical (unpaired) electrons. The van der Waals surface area contributed by atoms with Gasteiger partial charge in [-0.15, -0.1) is 0 Å². The lowest BCUT2D eigenvalue weighted by Gasteiger charge is -2.36. The van der Waals surface area contributed by atoms with Gasteiger partial charge in [0, 0.05) is 55.2 Å². The fraction of sp³-hybridized carbons (Fsp3) is 0.267. The molecule has 5 nitrogen and oxygen atoms in total. The molecule has 0 aliphatic carbocycles. The molecule has 36 heavy (non-hydrogen) atoms. The Morgan fingerprint density at radius 2 is 1.72 bits per heavy atom. The molecule has 0 N–H and O–H groups in total. The van der Waals surface area contributed by atoms with Crippen molar-refractivity contribution in [2.75, 3.05) is 42.5 Å². The Morgan fingerprint density at radius 3 is 2.56 bits per heavy atom. The van der Waals surface area contributed by atoms with Gasteiger partial charge in [0.05, 0.1) is 17.6 Å². The van der Waals surface area contributed by atoms with Gasteiger partial charge in [0.2, 0.25) is 0 Å². The number of pyridine rings is 1. The van der Waals surface area contributed by atoms with Crippen LogP contribution in [-0.2, 0) is 13.0 Å². The number of carbonyl (C=O) groups excluding carboxylic acids is 1. The van der Waals surface area contributed by atoms with Gasteiger partial charge < -0.3 is 9.80 Å². The molecule has 4 aromatic rings. The first-order chi connectivity index (χ1) is 17.6. The van der Waals surface area contributed by atoms with Gasteiger partial charge in [0.1, 0.15) is 5.82 Å². The van der Waals surface area contributed by atoms with Crippen molar-refractivity contribution < 1.29 is 9.18 Å².